The van der Waals surface area contributed by atoms with Crippen molar-refractivity contribution < 1.29 is 19.2 Å². The molecular formula is C23H27N5O5S. The van der Waals surface area contributed by atoms with Crippen molar-refractivity contribution in [3.63, 3.8) is 0 Å². The lowest BCUT2D eigenvalue weighted by atomic mass is 10.1. The summed E-state index contributed by atoms with van der Waals surface area (Å²) in [6.45, 7) is 3.75. The SMILES string of the molecule is CCc1c([N+](=O)[O-])c(C(N)=O)nn1CC(=O)N(Cc1ccc(OC)cc1)C(C)Cc1cccs1. The van der Waals surface area contributed by atoms with Gasteiger partial charge in [0.05, 0.1) is 12.0 Å². The van der Waals surface area contributed by atoms with Crippen molar-refractivity contribution in [3.05, 3.63) is 73.7 Å². The Morgan fingerprint density at radius 1 is 1.29 bits per heavy atom. The Kier molecular flexibility index (Phi) is 8.00. The van der Waals surface area contributed by atoms with Gasteiger partial charge in [-0.2, -0.15) is 5.10 Å². The fraction of sp³-hybridized carbons (Fsp3) is 0.348. The van der Waals surface area contributed by atoms with Crippen LogP contribution in [0.5, 0.6) is 5.75 Å². The first kappa shape index (κ1) is 24.9. The summed E-state index contributed by atoms with van der Waals surface area (Å²) >= 11 is 1.61. The van der Waals surface area contributed by atoms with Crippen LogP contribution in [0.25, 0.3) is 0 Å². The smallest absolute Gasteiger partial charge is 0.323 e. The second-order valence-corrected chi connectivity index (χ2v) is 8.81. The number of nitro groups is 1. The molecule has 0 bridgehead atoms. The zero-order valence-corrected chi connectivity index (χ0v) is 20.1. The van der Waals surface area contributed by atoms with Gasteiger partial charge in [-0.05, 0) is 42.5 Å². The third-order valence-corrected chi connectivity index (χ3v) is 6.41. The zero-order valence-electron chi connectivity index (χ0n) is 19.3. The number of methoxy groups -OCH3 is 1. The van der Waals surface area contributed by atoms with Gasteiger partial charge in [0.15, 0.2) is 0 Å². The summed E-state index contributed by atoms with van der Waals surface area (Å²) in [4.78, 5) is 39.0. The van der Waals surface area contributed by atoms with Crippen molar-refractivity contribution in [2.45, 2.75) is 45.8 Å². The fourth-order valence-electron chi connectivity index (χ4n) is 3.79. The van der Waals surface area contributed by atoms with Crippen LogP contribution in [0.15, 0.2) is 41.8 Å². The highest BCUT2D eigenvalue weighted by atomic mass is 32.1. The van der Waals surface area contributed by atoms with Crippen molar-refractivity contribution in [3.8, 4) is 5.75 Å². The number of carbonyl (C=O) groups excluding carboxylic acids is 2. The molecule has 10 nitrogen and oxygen atoms in total. The normalized spacial score (nSPS) is 11.7. The Bertz CT molecular complexity index is 1160. The largest absolute Gasteiger partial charge is 0.497 e. The Morgan fingerprint density at radius 2 is 2.00 bits per heavy atom. The number of ether oxygens (including phenoxy) is 1. The molecule has 0 saturated carbocycles. The summed E-state index contributed by atoms with van der Waals surface area (Å²) in [7, 11) is 1.59. The molecule has 2 N–H and O–H groups in total. The van der Waals surface area contributed by atoms with E-state index in [1.165, 1.54) is 4.68 Å². The van der Waals surface area contributed by atoms with E-state index in [1.54, 1.807) is 30.3 Å². The number of benzene rings is 1. The molecule has 0 aliphatic rings. The summed E-state index contributed by atoms with van der Waals surface area (Å²) in [6, 6.07) is 11.3. The molecule has 1 atom stereocenters. The van der Waals surface area contributed by atoms with E-state index in [9.17, 15) is 19.7 Å². The molecule has 3 rings (SSSR count). The van der Waals surface area contributed by atoms with Crippen LogP contribution in [0.1, 0.15) is 40.5 Å². The summed E-state index contributed by atoms with van der Waals surface area (Å²) in [5.74, 6) is -0.569. The molecule has 1 unspecified atom stereocenters. The monoisotopic (exact) mass is 485 g/mol. The number of nitrogens with two attached hydrogens (primary N) is 1. The van der Waals surface area contributed by atoms with E-state index in [-0.39, 0.29) is 30.6 Å². The Hall–Kier alpha value is -3.73. The molecule has 0 fully saturated rings. The highest BCUT2D eigenvalue weighted by Crippen LogP contribution is 2.25. The highest BCUT2D eigenvalue weighted by molar-refractivity contribution is 7.09. The summed E-state index contributed by atoms with van der Waals surface area (Å²) in [5.41, 5.74) is 5.51. The Morgan fingerprint density at radius 3 is 2.53 bits per heavy atom. The molecular weight excluding hydrogens is 458 g/mol. The van der Waals surface area contributed by atoms with Crippen molar-refractivity contribution in [2.24, 2.45) is 5.73 Å². The van der Waals surface area contributed by atoms with Crippen LogP contribution >= 0.6 is 11.3 Å². The van der Waals surface area contributed by atoms with Gasteiger partial charge in [-0.1, -0.05) is 25.1 Å². The first-order chi connectivity index (χ1) is 16.2. The predicted octanol–water partition coefficient (Wildman–Crippen LogP) is 3.18. The average molecular weight is 486 g/mol. The number of nitrogens with zero attached hydrogens (tertiary/aromatic N) is 4. The third kappa shape index (κ3) is 5.60. The fourth-order valence-corrected chi connectivity index (χ4v) is 4.62. The molecule has 0 radical (unpaired) electrons. The molecule has 0 aliphatic heterocycles. The minimum Gasteiger partial charge on any atom is -0.497 e. The number of primary amides is 1. The van der Waals surface area contributed by atoms with Gasteiger partial charge < -0.3 is 15.4 Å². The van der Waals surface area contributed by atoms with E-state index in [0.29, 0.717) is 18.7 Å². The van der Waals surface area contributed by atoms with Crippen molar-refractivity contribution in [1.82, 2.24) is 14.7 Å². The van der Waals surface area contributed by atoms with Crippen molar-refractivity contribution in [2.75, 3.05) is 7.11 Å². The van der Waals surface area contributed by atoms with Gasteiger partial charge in [-0.15, -0.1) is 11.3 Å². The van der Waals surface area contributed by atoms with Crippen LogP contribution in [0.3, 0.4) is 0 Å². The van der Waals surface area contributed by atoms with E-state index in [4.69, 9.17) is 10.5 Å². The van der Waals surface area contributed by atoms with Gasteiger partial charge in [0.1, 0.15) is 18.0 Å². The van der Waals surface area contributed by atoms with Crippen LogP contribution in [-0.4, -0.2) is 44.6 Å². The molecule has 11 heteroatoms. The van der Waals surface area contributed by atoms with Gasteiger partial charge in [-0.25, -0.2) is 0 Å². The molecule has 34 heavy (non-hydrogen) atoms. The van der Waals surface area contributed by atoms with Crippen molar-refractivity contribution in [1.29, 1.82) is 0 Å². The van der Waals surface area contributed by atoms with Gasteiger partial charge in [0, 0.05) is 23.9 Å². The van der Waals surface area contributed by atoms with Gasteiger partial charge in [0.25, 0.3) is 5.91 Å². The number of aromatic nitrogens is 2. The van der Waals surface area contributed by atoms with Crippen LogP contribution in [0, 0.1) is 10.1 Å². The van der Waals surface area contributed by atoms with E-state index in [1.807, 2.05) is 48.7 Å². The first-order valence-corrected chi connectivity index (χ1v) is 11.6. The Labute approximate surface area is 201 Å². The van der Waals surface area contributed by atoms with Crippen LogP contribution < -0.4 is 10.5 Å². The summed E-state index contributed by atoms with van der Waals surface area (Å²) < 4.78 is 6.43. The molecule has 1 aromatic carbocycles. The molecule has 2 heterocycles. The minimum absolute atomic E-state index is 0.153. The maximum atomic E-state index is 13.5. The average Bonchev–Trinajstić information content (AvgIpc) is 3.45. The molecule has 2 amide bonds. The standard InChI is InChI=1S/C23H27N5O5S/c1-4-19-22(28(31)32)21(23(24)30)25-27(19)14-20(29)26(15(2)12-18-6-5-11-34-18)13-16-7-9-17(33-3)10-8-16/h5-11,15H,4,12-14H2,1-3H3,(H2,24,30). The second kappa shape index (κ2) is 10.9. The summed E-state index contributed by atoms with van der Waals surface area (Å²) in [5, 5.41) is 17.6. The second-order valence-electron chi connectivity index (χ2n) is 7.78. The van der Waals surface area contributed by atoms with Gasteiger partial charge in [0.2, 0.25) is 11.6 Å². The molecule has 180 valence electrons. The zero-order chi connectivity index (χ0) is 24.8. The maximum absolute atomic E-state index is 13.5. The number of amides is 2. The van der Waals surface area contributed by atoms with E-state index < -0.39 is 22.2 Å². The van der Waals surface area contributed by atoms with Crippen molar-refractivity contribution >= 4 is 28.8 Å². The van der Waals surface area contributed by atoms with E-state index >= 15 is 0 Å². The highest BCUT2D eigenvalue weighted by Gasteiger charge is 2.31. The molecule has 0 aliphatic carbocycles. The topological polar surface area (TPSA) is 134 Å². The molecule has 0 saturated heterocycles. The molecule has 0 spiro atoms. The number of carbonyl (C=O) groups is 2. The number of thiophene rings is 1. The van der Waals surface area contributed by atoms with Crippen LogP contribution in [-0.2, 0) is 30.7 Å². The maximum Gasteiger partial charge on any atom is 0.323 e. The van der Waals surface area contributed by atoms with Crippen LogP contribution in [0.2, 0.25) is 0 Å². The van der Waals surface area contributed by atoms with E-state index in [2.05, 4.69) is 5.10 Å². The van der Waals surface area contributed by atoms with Crippen LogP contribution in [0.4, 0.5) is 5.69 Å². The number of hydrogen-bond donors (Lipinski definition) is 1. The Balaban J connectivity index is 1.92. The third-order valence-electron chi connectivity index (χ3n) is 5.51. The summed E-state index contributed by atoms with van der Waals surface area (Å²) in [6.07, 6.45) is 0.874. The van der Waals surface area contributed by atoms with Gasteiger partial charge >= 0.3 is 5.69 Å². The lowest BCUT2D eigenvalue weighted by Crippen LogP contribution is -2.41. The molecule has 2 aromatic heterocycles. The minimum atomic E-state index is -1.01. The first-order valence-electron chi connectivity index (χ1n) is 10.7. The lowest BCUT2D eigenvalue weighted by Gasteiger charge is -2.29. The van der Waals surface area contributed by atoms with E-state index in [0.717, 1.165) is 10.4 Å². The lowest BCUT2D eigenvalue weighted by molar-refractivity contribution is -0.385. The number of hydrogen-bond acceptors (Lipinski definition) is 7. The molecule has 3 aromatic rings. The quantitative estimate of drug-likeness (QED) is 0.327. The predicted molar refractivity (Wildman–Crippen MR) is 128 cm³/mol. The number of rotatable bonds is 11. The van der Waals surface area contributed by atoms with Gasteiger partial charge in [-0.3, -0.25) is 24.4 Å².